The minimum atomic E-state index is -0.692. The molecule has 0 radical (unpaired) electrons. The molecule has 2 aromatic rings. The van der Waals surface area contributed by atoms with Gasteiger partial charge in [0.2, 0.25) is 5.91 Å². The number of ether oxygens (including phenoxy) is 1. The van der Waals surface area contributed by atoms with Crippen LogP contribution >= 0.6 is 0 Å². The maximum absolute atomic E-state index is 13.7. The fourth-order valence-corrected chi connectivity index (χ4v) is 2.89. The zero-order chi connectivity index (χ0) is 19.4. The number of likely N-dealkylation sites (N-methyl/N-ethyl adjacent to an activating group) is 1. The smallest absolute Gasteiger partial charge is 0.260 e. The van der Waals surface area contributed by atoms with Gasteiger partial charge in [0, 0.05) is 43.9 Å². The molecule has 142 valence electrons. The maximum atomic E-state index is 13.7. The van der Waals surface area contributed by atoms with Gasteiger partial charge in [-0.3, -0.25) is 9.59 Å². The Kier molecular flexibility index (Phi) is 5.69. The van der Waals surface area contributed by atoms with Crippen LogP contribution < -0.4 is 9.64 Å². The fourth-order valence-electron chi connectivity index (χ4n) is 2.89. The first-order chi connectivity index (χ1) is 12.9. The Morgan fingerprint density at radius 3 is 2.56 bits per heavy atom. The van der Waals surface area contributed by atoms with Gasteiger partial charge in [0.15, 0.2) is 6.61 Å². The Morgan fingerprint density at radius 1 is 1.19 bits per heavy atom. The molecule has 0 bridgehead atoms. The number of benzene rings is 2. The summed E-state index contributed by atoms with van der Waals surface area (Å²) in [6.07, 6.45) is 1.42. The van der Waals surface area contributed by atoms with Gasteiger partial charge in [-0.25, -0.2) is 8.78 Å². The maximum Gasteiger partial charge on any atom is 0.260 e. The van der Waals surface area contributed by atoms with Crippen LogP contribution in [0.15, 0.2) is 42.5 Å². The molecule has 0 aromatic heterocycles. The highest BCUT2D eigenvalue weighted by molar-refractivity contribution is 5.95. The second-order valence-electron chi connectivity index (χ2n) is 6.42. The van der Waals surface area contributed by atoms with E-state index in [2.05, 4.69) is 0 Å². The highest BCUT2D eigenvalue weighted by atomic mass is 19.1. The second-order valence-corrected chi connectivity index (χ2v) is 6.42. The number of anilines is 1. The van der Waals surface area contributed by atoms with E-state index in [4.69, 9.17) is 4.74 Å². The molecule has 2 amide bonds. The van der Waals surface area contributed by atoms with Crippen LogP contribution in [-0.4, -0.2) is 36.9 Å². The van der Waals surface area contributed by atoms with Crippen molar-refractivity contribution in [1.29, 1.82) is 0 Å². The molecule has 1 fully saturated rings. The summed E-state index contributed by atoms with van der Waals surface area (Å²) >= 11 is 0. The normalized spacial score (nSPS) is 13.7. The predicted molar refractivity (Wildman–Crippen MR) is 96.4 cm³/mol. The lowest BCUT2D eigenvalue weighted by Gasteiger charge is -2.19. The number of nitrogens with zero attached hydrogens (tertiary/aromatic N) is 2. The summed E-state index contributed by atoms with van der Waals surface area (Å²) in [7, 11) is 1.52. The van der Waals surface area contributed by atoms with Gasteiger partial charge in [-0.2, -0.15) is 0 Å². The molecule has 2 aromatic carbocycles. The molecule has 3 rings (SSSR count). The van der Waals surface area contributed by atoms with Gasteiger partial charge in [0.1, 0.15) is 17.4 Å². The number of hydrogen-bond donors (Lipinski definition) is 0. The molecule has 0 atom stereocenters. The van der Waals surface area contributed by atoms with Crippen LogP contribution in [0.2, 0.25) is 0 Å². The third-order valence-corrected chi connectivity index (χ3v) is 4.43. The van der Waals surface area contributed by atoms with Gasteiger partial charge in [0.25, 0.3) is 5.91 Å². The van der Waals surface area contributed by atoms with Crippen molar-refractivity contribution in [2.75, 3.05) is 25.1 Å². The van der Waals surface area contributed by atoms with Crippen molar-refractivity contribution in [1.82, 2.24) is 4.90 Å². The number of hydrogen-bond acceptors (Lipinski definition) is 3. The van der Waals surface area contributed by atoms with Crippen LogP contribution in [-0.2, 0) is 16.1 Å². The van der Waals surface area contributed by atoms with E-state index in [0.29, 0.717) is 18.7 Å². The monoisotopic (exact) mass is 374 g/mol. The molecule has 27 heavy (non-hydrogen) atoms. The van der Waals surface area contributed by atoms with E-state index in [1.54, 1.807) is 29.2 Å². The van der Waals surface area contributed by atoms with Crippen molar-refractivity contribution < 1.29 is 23.1 Å². The molecule has 0 saturated carbocycles. The molecule has 0 aliphatic carbocycles. The second kappa shape index (κ2) is 8.16. The van der Waals surface area contributed by atoms with E-state index in [1.807, 2.05) is 0 Å². The Bertz CT molecular complexity index is 840. The SMILES string of the molecule is CN(Cc1ccc(F)cc1F)C(=O)COc1ccc(N2CCCC2=O)cc1. The third-order valence-electron chi connectivity index (χ3n) is 4.43. The predicted octanol–water partition coefficient (Wildman–Crippen LogP) is 3.13. The largest absolute Gasteiger partial charge is 0.484 e. The van der Waals surface area contributed by atoms with Gasteiger partial charge >= 0.3 is 0 Å². The van der Waals surface area contributed by atoms with Gasteiger partial charge in [-0.15, -0.1) is 0 Å². The number of amides is 2. The number of rotatable bonds is 6. The van der Waals surface area contributed by atoms with Gasteiger partial charge < -0.3 is 14.5 Å². The van der Waals surface area contributed by atoms with Crippen molar-refractivity contribution in [3.63, 3.8) is 0 Å². The van der Waals surface area contributed by atoms with E-state index in [1.165, 1.54) is 18.0 Å². The quantitative estimate of drug-likeness (QED) is 0.781. The van der Waals surface area contributed by atoms with E-state index >= 15 is 0 Å². The Hall–Kier alpha value is -2.96. The summed E-state index contributed by atoms with van der Waals surface area (Å²) in [5, 5.41) is 0. The summed E-state index contributed by atoms with van der Waals surface area (Å²) in [5.74, 6) is -1.08. The number of halogens is 2. The standard InChI is InChI=1S/C20H20F2N2O3/c1-23(12-14-4-5-15(21)11-18(14)22)20(26)13-27-17-8-6-16(7-9-17)24-10-2-3-19(24)25/h4-9,11H,2-3,10,12-13H2,1H3. The van der Waals surface area contributed by atoms with Crippen LogP contribution in [0, 0.1) is 11.6 Å². The van der Waals surface area contributed by atoms with Crippen LogP contribution in [0.5, 0.6) is 5.75 Å². The van der Waals surface area contributed by atoms with Crippen LogP contribution in [0.4, 0.5) is 14.5 Å². The van der Waals surface area contributed by atoms with Crippen LogP contribution in [0.3, 0.4) is 0 Å². The highest BCUT2D eigenvalue weighted by Crippen LogP contribution is 2.24. The molecule has 7 heteroatoms. The minimum Gasteiger partial charge on any atom is -0.484 e. The van der Waals surface area contributed by atoms with Crippen molar-refractivity contribution in [2.45, 2.75) is 19.4 Å². The molecule has 5 nitrogen and oxygen atoms in total. The third kappa shape index (κ3) is 4.61. The number of carbonyl (C=O) groups excluding carboxylic acids is 2. The molecule has 0 N–H and O–H groups in total. The first-order valence-corrected chi connectivity index (χ1v) is 8.65. The zero-order valence-electron chi connectivity index (χ0n) is 15.0. The van der Waals surface area contributed by atoms with Gasteiger partial charge in [0.05, 0.1) is 0 Å². The average Bonchev–Trinajstić information content (AvgIpc) is 3.08. The lowest BCUT2D eigenvalue weighted by Crippen LogP contribution is -2.31. The summed E-state index contributed by atoms with van der Waals surface area (Å²) in [5.41, 5.74) is 1.03. The van der Waals surface area contributed by atoms with Crippen molar-refractivity contribution in [3.8, 4) is 5.75 Å². The lowest BCUT2D eigenvalue weighted by molar-refractivity contribution is -0.132. The van der Waals surface area contributed by atoms with Crippen molar-refractivity contribution in [3.05, 3.63) is 59.7 Å². The van der Waals surface area contributed by atoms with E-state index < -0.39 is 11.6 Å². The summed E-state index contributed by atoms with van der Waals surface area (Å²) < 4.78 is 32.1. The van der Waals surface area contributed by atoms with Crippen molar-refractivity contribution >= 4 is 17.5 Å². The highest BCUT2D eigenvalue weighted by Gasteiger charge is 2.21. The molecule has 0 unspecified atom stereocenters. The number of carbonyl (C=O) groups is 2. The lowest BCUT2D eigenvalue weighted by atomic mass is 10.2. The van der Waals surface area contributed by atoms with E-state index in [-0.39, 0.29) is 30.5 Å². The molecule has 1 saturated heterocycles. The summed E-state index contributed by atoms with van der Waals surface area (Å²) in [6.45, 7) is 0.522. The van der Waals surface area contributed by atoms with Gasteiger partial charge in [-0.1, -0.05) is 6.07 Å². The van der Waals surface area contributed by atoms with E-state index in [0.717, 1.165) is 24.2 Å². The molecular weight excluding hydrogens is 354 g/mol. The molecule has 1 heterocycles. The van der Waals surface area contributed by atoms with Gasteiger partial charge in [-0.05, 0) is 36.8 Å². The van der Waals surface area contributed by atoms with E-state index in [9.17, 15) is 18.4 Å². The Labute approximate surface area is 156 Å². The van der Waals surface area contributed by atoms with Crippen LogP contribution in [0.25, 0.3) is 0 Å². The summed E-state index contributed by atoms with van der Waals surface area (Å²) in [4.78, 5) is 26.9. The van der Waals surface area contributed by atoms with Crippen LogP contribution in [0.1, 0.15) is 18.4 Å². The molecule has 1 aliphatic rings. The topological polar surface area (TPSA) is 49.9 Å². The first kappa shape index (κ1) is 18.8. The molecule has 1 aliphatic heterocycles. The van der Waals surface area contributed by atoms with Crippen molar-refractivity contribution in [2.24, 2.45) is 0 Å². The fraction of sp³-hybridized carbons (Fsp3) is 0.300. The average molecular weight is 374 g/mol. The zero-order valence-corrected chi connectivity index (χ0v) is 15.0. The molecule has 0 spiro atoms. The summed E-state index contributed by atoms with van der Waals surface area (Å²) in [6, 6.07) is 10.2. The molecular formula is C20H20F2N2O3. The Balaban J connectivity index is 1.53. The Morgan fingerprint density at radius 2 is 1.93 bits per heavy atom. The first-order valence-electron chi connectivity index (χ1n) is 8.65. The minimum absolute atomic E-state index is 0.0182.